The summed E-state index contributed by atoms with van der Waals surface area (Å²) in [5.41, 5.74) is 4.24. The molecule has 204 valence electrons. The molecule has 5 atom stereocenters. The molecule has 11 heteroatoms. The predicted octanol–water partition coefficient (Wildman–Crippen LogP) is 0.563. The van der Waals surface area contributed by atoms with E-state index in [0.717, 1.165) is 24.2 Å². The number of ketones is 2. The quantitative estimate of drug-likeness (QED) is 0.351. The molecule has 5 rings (SSSR count). The maximum atomic E-state index is 13.9. The number of amides is 1. The average molecular weight is 527 g/mol. The van der Waals surface area contributed by atoms with Gasteiger partial charge in [0.15, 0.2) is 11.4 Å². The summed E-state index contributed by atoms with van der Waals surface area (Å²) in [7, 11) is 9.08. The van der Waals surface area contributed by atoms with Gasteiger partial charge in [-0.05, 0) is 70.6 Å². The van der Waals surface area contributed by atoms with Gasteiger partial charge in [0.2, 0.25) is 5.78 Å². The summed E-state index contributed by atoms with van der Waals surface area (Å²) in [5, 5.41) is 45.1. The van der Waals surface area contributed by atoms with Gasteiger partial charge >= 0.3 is 0 Å². The number of likely N-dealkylation sites (N-methyl/N-ethyl adjacent to an activating group) is 1. The summed E-state index contributed by atoms with van der Waals surface area (Å²) in [5.74, 6) is -6.46. The molecule has 0 radical (unpaired) electrons. The van der Waals surface area contributed by atoms with Crippen molar-refractivity contribution >= 4 is 23.2 Å². The van der Waals surface area contributed by atoms with Gasteiger partial charge in [-0.15, -0.1) is 0 Å². The van der Waals surface area contributed by atoms with Crippen molar-refractivity contribution in [3.05, 3.63) is 45.4 Å². The van der Waals surface area contributed by atoms with Crippen LogP contribution >= 0.6 is 0 Å². The smallest absolute Gasteiger partial charge is 0.255 e. The number of hydrogen-bond acceptors (Lipinski definition) is 10. The normalized spacial score (nSPS) is 30.9. The Balaban J connectivity index is 1.73. The van der Waals surface area contributed by atoms with Gasteiger partial charge < -0.3 is 36.0 Å². The third kappa shape index (κ3) is 3.28. The molecule has 0 saturated carbocycles. The third-order valence-electron chi connectivity index (χ3n) is 8.83. The van der Waals surface area contributed by atoms with E-state index in [0.29, 0.717) is 5.56 Å². The number of nitrogens with two attached hydrogens (primary N) is 1. The molecule has 0 saturated heterocycles. The second-order valence-corrected chi connectivity index (χ2v) is 11.3. The predicted molar refractivity (Wildman–Crippen MR) is 138 cm³/mol. The molecule has 0 spiro atoms. The van der Waals surface area contributed by atoms with E-state index in [2.05, 4.69) is 9.80 Å². The number of aromatic hydroxyl groups is 1. The Morgan fingerprint density at radius 1 is 1.13 bits per heavy atom. The lowest BCUT2D eigenvalue weighted by Gasteiger charge is -2.50. The second-order valence-electron chi connectivity index (χ2n) is 11.3. The average Bonchev–Trinajstić information content (AvgIpc) is 2.80. The van der Waals surface area contributed by atoms with E-state index < -0.39 is 58.0 Å². The summed E-state index contributed by atoms with van der Waals surface area (Å²) in [6.07, 6.45) is 1.18. The lowest BCUT2D eigenvalue weighted by atomic mass is 9.58. The van der Waals surface area contributed by atoms with Crippen LogP contribution in [0, 0.1) is 11.8 Å². The van der Waals surface area contributed by atoms with Crippen LogP contribution < -0.4 is 10.6 Å². The van der Waals surface area contributed by atoms with E-state index in [4.69, 9.17) is 5.73 Å². The minimum atomic E-state index is -2.64. The zero-order valence-electron chi connectivity index (χ0n) is 22.1. The van der Waals surface area contributed by atoms with Gasteiger partial charge in [-0.1, -0.05) is 0 Å². The number of allylic oxidation sites excluding steroid dienone is 1. The van der Waals surface area contributed by atoms with Crippen LogP contribution in [0.25, 0.3) is 0 Å². The monoisotopic (exact) mass is 526 g/mol. The summed E-state index contributed by atoms with van der Waals surface area (Å²) < 4.78 is 0. The molecule has 0 aromatic heterocycles. The van der Waals surface area contributed by atoms with Crippen LogP contribution in [0.15, 0.2) is 28.7 Å². The topological polar surface area (TPSA) is 168 Å². The molecular formula is C27H34N4O7. The van der Waals surface area contributed by atoms with Gasteiger partial charge in [0.1, 0.15) is 22.8 Å². The fourth-order valence-corrected chi connectivity index (χ4v) is 7.16. The standard InChI is InChI=1S/C27H34N4O7/c1-29(2)15-6-7-31(5)20-12(15)10-16(32)18-13(20)8-11-9-14-21(30(3)4)23(34)19(26(28)37)25(36)27(14,38)24(35)17(11)22(18)33/h10-11,14-15,21,32,34-35,38H,6-9H2,1-5H3,(H2,28,37)/t11-,14-,15?,21+,27+/m1/s1. The Hall–Kier alpha value is -3.41. The van der Waals surface area contributed by atoms with Crippen molar-refractivity contribution < 1.29 is 34.8 Å². The molecule has 1 unspecified atom stereocenters. The van der Waals surface area contributed by atoms with Crippen LogP contribution in [-0.4, -0.2) is 101 Å². The number of aliphatic hydroxyl groups is 3. The largest absolute Gasteiger partial charge is 0.510 e. The van der Waals surface area contributed by atoms with Gasteiger partial charge in [-0.2, -0.15) is 0 Å². The maximum absolute atomic E-state index is 13.9. The highest BCUT2D eigenvalue weighted by Gasteiger charge is 2.63. The van der Waals surface area contributed by atoms with Crippen molar-refractivity contribution in [2.45, 2.75) is 36.9 Å². The molecule has 1 aromatic carbocycles. The van der Waals surface area contributed by atoms with E-state index in [1.807, 2.05) is 21.1 Å². The van der Waals surface area contributed by atoms with E-state index in [1.54, 1.807) is 25.1 Å². The van der Waals surface area contributed by atoms with Gasteiger partial charge in [0.05, 0.1) is 11.6 Å². The molecule has 38 heavy (non-hydrogen) atoms. The lowest BCUT2D eigenvalue weighted by molar-refractivity contribution is -0.148. The van der Waals surface area contributed by atoms with Crippen LogP contribution in [-0.2, 0) is 16.0 Å². The summed E-state index contributed by atoms with van der Waals surface area (Å²) in [6.45, 7) is 0.744. The Bertz CT molecular complexity index is 1350. The highest BCUT2D eigenvalue weighted by atomic mass is 16.3. The van der Waals surface area contributed by atoms with Crippen LogP contribution in [0.2, 0.25) is 0 Å². The number of phenolic OH excluding ortho intramolecular Hbond substituents is 1. The fraction of sp³-hybridized carbons (Fsp3) is 0.519. The summed E-state index contributed by atoms with van der Waals surface area (Å²) in [6, 6.07) is 0.613. The number of Topliss-reactive ketones (excluding diaryl/α,β-unsaturated/α-hetero) is 2. The molecule has 0 bridgehead atoms. The number of carbonyl (C=O) groups excluding carboxylic acids is 3. The number of benzene rings is 1. The molecular weight excluding hydrogens is 492 g/mol. The molecule has 1 heterocycles. The number of aliphatic hydroxyl groups excluding tert-OH is 2. The van der Waals surface area contributed by atoms with Gasteiger partial charge in [-0.3, -0.25) is 19.3 Å². The Labute approximate surface area is 220 Å². The van der Waals surface area contributed by atoms with Crippen molar-refractivity contribution in [3.63, 3.8) is 0 Å². The Morgan fingerprint density at radius 3 is 2.37 bits per heavy atom. The first kappa shape index (κ1) is 26.2. The van der Waals surface area contributed by atoms with E-state index in [1.165, 1.54) is 0 Å². The van der Waals surface area contributed by atoms with Crippen LogP contribution in [0.4, 0.5) is 5.69 Å². The molecule has 6 N–H and O–H groups in total. The minimum Gasteiger partial charge on any atom is -0.510 e. The lowest BCUT2D eigenvalue weighted by Crippen LogP contribution is -2.63. The maximum Gasteiger partial charge on any atom is 0.255 e. The third-order valence-corrected chi connectivity index (χ3v) is 8.83. The first-order valence-corrected chi connectivity index (χ1v) is 12.6. The molecule has 1 amide bonds. The van der Waals surface area contributed by atoms with Crippen LogP contribution in [0.1, 0.15) is 40.4 Å². The van der Waals surface area contributed by atoms with Gasteiger partial charge in [0.25, 0.3) is 5.91 Å². The molecule has 1 aliphatic heterocycles. The summed E-state index contributed by atoms with van der Waals surface area (Å²) in [4.78, 5) is 45.1. The van der Waals surface area contributed by atoms with E-state index in [9.17, 15) is 34.8 Å². The van der Waals surface area contributed by atoms with E-state index >= 15 is 0 Å². The van der Waals surface area contributed by atoms with Crippen molar-refractivity contribution in [3.8, 4) is 5.75 Å². The SMILES string of the molecule is CN1CCC(N(C)C)c2cc(O)c3c(c21)C[C@@H]1C[C@@H]2[C@H](N(C)C)C(O)=C(C(N)=O)C(=O)[C@@]2(O)C(O)=C1C3=O. The number of phenols is 1. The Morgan fingerprint density at radius 2 is 1.79 bits per heavy atom. The van der Waals surface area contributed by atoms with Crippen molar-refractivity contribution in [2.75, 3.05) is 46.7 Å². The number of anilines is 1. The van der Waals surface area contributed by atoms with Crippen molar-refractivity contribution in [2.24, 2.45) is 17.6 Å². The number of fused-ring (bicyclic) bond motifs is 5. The van der Waals surface area contributed by atoms with Crippen molar-refractivity contribution in [1.82, 2.24) is 9.80 Å². The number of nitrogens with zero attached hydrogens (tertiary/aromatic N) is 3. The number of hydrogen-bond donors (Lipinski definition) is 5. The molecule has 0 fully saturated rings. The first-order chi connectivity index (χ1) is 17.7. The highest BCUT2D eigenvalue weighted by molar-refractivity contribution is 6.24. The zero-order chi connectivity index (χ0) is 28.0. The fourth-order valence-electron chi connectivity index (χ4n) is 7.16. The van der Waals surface area contributed by atoms with Crippen molar-refractivity contribution in [1.29, 1.82) is 0 Å². The van der Waals surface area contributed by atoms with Crippen LogP contribution in [0.5, 0.6) is 5.75 Å². The molecule has 11 nitrogen and oxygen atoms in total. The van der Waals surface area contributed by atoms with Gasteiger partial charge in [-0.25, -0.2) is 0 Å². The number of carbonyl (C=O) groups is 3. The second kappa shape index (κ2) is 8.55. The zero-order valence-corrected chi connectivity index (χ0v) is 22.1. The highest BCUT2D eigenvalue weighted by Crippen LogP contribution is 2.54. The number of primary amides is 1. The molecule has 3 aliphatic carbocycles. The Kier molecular flexibility index (Phi) is 5.90. The minimum absolute atomic E-state index is 0.0378. The summed E-state index contributed by atoms with van der Waals surface area (Å²) >= 11 is 0. The first-order valence-electron chi connectivity index (χ1n) is 12.6. The molecule has 4 aliphatic rings. The van der Waals surface area contributed by atoms with E-state index in [-0.39, 0.29) is 35.8 Å². The molecule has 1 aromatic rings. The van der Waals surface area contributed by atoms with Gasteiger partial charge in [0, 0.05) is 36.8 Å². The van der Waals surface area contributed by atoms with Crippen LogP contribution in [0.3, 0.4) is 0 Å². The number of rotatable bonds is 3.